The molecule has 0 aliphatic heterocycles. The van der Waals surface area contributed by atoms with Gasteiger partial charge in [0.05, 0.1) is 6.04 Å². The number of unbranched alkanes of at least 4 members (excludes halogenated alkanes) is 1. The molecule has 0 aromatic rings. The minimum Gasteiger partial charge on any atom is -0.480 e. The van der Waals surface area contributed by atoms with Crippen molar-refractivity contribution < 1.29 is 43.5 Å². The number of guanidine groups is 1. The Morgan fingerprint density at radius 2 is 0.853 bits per heavy atom. The molecule has 21 heteroatoms. The van der Waals surface area contributed by atoms with E-state index in [1.807, 2.05) is 62.3 Å². The van der Waals surface area contributed by atoms with Gasteiger partial charge in [-0.25, -0.2) is 4.79 Å². The lowest BCUT2D eigenvalue weighted by Crippen LogP contribution is -2.61. The van der Waals surface area contributed by atoms with Crippen LogP contribution in [0.3, 0.4) is 0 Å². The summed E-state index contributed by atoms with van der Waals surface area (Å²) >= 11 is 0. The molecule has 0 aliphatic rings. The maximum absolute atomic E-state index is 14.2. The molecule has 0 bridgehead atoms. The van der Waals surface area contributed by atoms with Crippen LogP contribution in [-0.4, -0.2) is 120 Å². The van der Waals surface area contributed by atoms with Crippen LogP contribution >= 0.6 is 0 Å². The van der Waals surface area contributed by atoms with E-state index in [-0.39, 0.29) is 74.7 Å². The highest BCUT2D eigenvalue weighted by molar-refractivity contribution is 5.97. The number of nitrogens with one attached hydrogen (secondary N) is 7. The van der Waals surface area contributed by atoms with Crippen molar-refractivity contribution in [2.45, 2.75) is 196 Å². The van der Waals surface area contributed by atoms with Crippen LogP contribution in [0.5, 0.6) is 0 Å². The van der Waals surface area contributed by atoms with Crippen LogP contribution in [0.2, 0.25) is 0 Å². The van der Waals surface area contributed by atoms with Gasteiger partial charge in [-0.15, -0.1) is 0 Å². The summed E-state index contributed by atoms with van der Waals surface area (Å²) in [7, 11) is 0. The molecule has 9 unspecified atom stereocenters. The number of hydrogen-bond acceptors (Lipinski definition) is 11. The molecule has 0 rings (SSSR count). The number of carboxylic acids is 1. The van der Waals surface area contributed by atoms with Crippen molar-refractivity contribution in [2.75, 3.05) is 13.1 Å². The average Bonchev–Trinajstić information content (AvgIpc) is 3.22. The first-order valence-corrected chi connectivity index (χ1v) is 24.5. The lowest BCUT2D eigenvalue weighted by Gasteiger charge is -2.30. The largest absolute Gasteiger partial charge is 0.480 e. The van der Waals surface area contributed by atoms with Crippen LogP contribution in [0.25, 0.3) is 0 Å². The van der Waals surface area contributed by atoms with E-state index < -0.39 is 107 Å². The predicted molar refractivity (Wildman–Crippen MR) is 264 cm³/mol. The predicted octanol–water partition coefficient (Wildman–Crippen LogP) is 0.861. The molecule has 68 heavy (non-hydrogen) atoms. The van der Waals surface area contributed by atoms with E-state index in [1.54, 1.807) is 20.8 Å². The fourth-order valence-electron chi connectivity index (χ4n) is 7.34. The molecule has 21 nitrogen and oxygen atoms in total. The molecule has 0 saturated carbocycles. The zero-order valence-corrected chi connectivity index (χ0v) is 43.0. The molecule has 16 N–H and O–H groups in total. The zero-order valence-electron chi connectivity index (χ0n) is 43.0. The second-order valence-corrected chi connectivity index (χ2v) is 20.1. The summed E-state index contributed by atoms with van der Waals surface area (Å²) in [4.78, 5) is 113. The van der Waals surface area contributed by atoms with Gasteiger partial charge in [0.1, 0.15) is 42.3 Å². The van der Waals surface area contributed by atoms with Gasteiger partial charge >= 0.3 is 5.97 Å². The second-order valence-electron chi connectivity index (χ2n) is 20.1. The molecule has 7 amide bonds. The number of carboxylic acid groups (broad SMARTS) is 1. The Labute approximate surface area is 405 Å². The summed E-state index contributed by atoms with van der Waals surface area (Å²) in [5.74, 6) is -6.96. The van der Waals surface area contributed by atoms with Crippen molar-refractivity contribution in [3.63, 3.8) is 0 Å². The van der Waals surface area contributed by atoms with Crippen LogP contribution in [-0.2, 0) is 38.4 Å². The van der Waals surface area contributed by atoms with Crippen molar-refractivity contribution >= 4 is 53.3 Å². The first-order chi connectivity index (χ1) is 31.6. The number of amides is 7. The van der Waals surface area contributed by atoms with Crippen molar-refractivity contribution in [1.82, 2.24) is 37.2 Å². The van der Waals surface area contributed by atoms with Gasteiger partial charge in [-0.3, -0.25) is 38.6 Å². The Morgan fingerprint density at radius 1 is 0.485 bits per heavy atom. The number of hydrogen-bond donors (Lipinski definition) is 12. The molecular formula is C47H90N12O9. The van der Waals surface area contributed by atoms with E-state index in [2.05, 4.69) is 42.2 Å². The fraction of sp³-hybridized carbons (Fsp3) is 0.809. The first kappa shape index (κ1) is 63.0. The van der Waals surface area contributed by atoms with Gasteiger partial charge in [0.2, 0.25) is 41.4 Å². The summed E-state index contributed by atoms with van der Waals surface area (Å²) in [5, 5.41) is 28.9. The Kier molecular flexibility index (Phi) is 30.2. The van der Waals surface area contributed by atoms with Crippen LogP contribution < -0.4 is 60.2 Å². The third-order valence-electron chi connectivity index (χ3n) is 11.3. The number of nitrogens with two attached hydrogens (primary N) is 4. The molecule has 0 heterocycles. The smallest absolute Gasteiger partial charge is 0.326 e. The van der Waals surface area contributed by atoms with Gasteiger partial charge in [0.15, 0.2) is 5.96 Å². The monoisotopic (exact) mass is 967 g/mol. The molecule has 0 spiro atoms. The van der Waals surface area contributed by atoms with Gasteiger partial charge < -0.3 is 65.3 Å². The number of rotatable bonds is 34. The van der Waals surface area contributed by atoms with Crippen molar-refractivity contribution in [1.29, 1.82) is 0 Å². The summed E-state index contributed by atoms with van der Waals surface area (Å²) in [6, 6.07) is -8.87. The number of carbonyl (C=O) groups excluding carboxylic acids is 7. The van der Waals surface area contributed by atoms with Gasteiger partial charge in [0, 0.05) is 6.54 Å². The maximum atomic E-state index is 14.2. The summed E-state index contributed by atoms with van der Waals surface area (Å²) in [6.45, 7) is 22.4. The molecular weight excluding hydrogens is 877 g/mol. The topological polar surface area (TPSA) is 357 Å². The SMILES string of the molecule is CCC(C)C(NC(=O)C(CCCCN)NC(=O)C(N)CC(C)C)C(=O)NC(CC(C)C)C(=O)NC(CC(C)C)C(=O)NC(CC(C)C)C(=O)NC(CCCN=C(N)N)C(=O)NC(C(=O)O)C(C)C. The minimum atomic E-state index is -1.25. The highest BCUT2D eigenvalue weighted by atomic mass is 16.4. The highest BCUT2D eigenvalue weighted by Gasteiger charge is 2.36. The summed E-state index contributed by atoms with van der Waals surface area (Å²) < 4.78 is 0. The third kappa shape index (κ3) is 25.4. The van der Waals surface area contributed by atoms with Crippen molar-refractivity contribution in [3.05, 3.63) is 0 Å². The molecule has 0 aromatic heterocycles. The average molecular weight is 967 g/mol. The number of carbonyl (C=O) groups is 8. The molecule has 0 saturated heterocycles. The normalized spacial score (nSPS) is 15.5. The Bertz CT molecular complexity index is 1640. The van der Waals surface area contributed by atoms with Crippen molar-refractivity contribution in [2.24, 2.45) is 63.4 Å². The molecule has 9 atom stereocenters. The van der Waals surface area contributed by atoms with E-state index in [9.17, 15) is 43.5 Å². The van der Waals surface area contributed by atoms with E-state index in [0.717, 1.165) is 0 Å². The summed E-state index contributed by atoms with van der Waals surface area (Å²) in [6.07, 6.45) is 3.05. The molecule has 0 radical (unpaired) electrons. The quantitative estimate of drug-likeness (QED) is 0.0242. The van der Waals surface area contributed by atoms with Gasteiger partial charge in [-0.2, -0.15) is 0 Å². The van der Waals surface area contributed by atoms with E-state index in [1.165, 1.54) is 0 Å². The highest BCUT2D eigenvalue weighted by Crippen LogP contribution is 2.15. The van der Waals surface area contributed by atoms with E-state index in [4.69, 9.17) is 22.9 Å². The second kappa shape index (κ2) is 32.7. The first-order valence-electron chi connectivity index (χ1n) is 24.5. The number of aliphatic carboxylic acids is 1. The standard InChI is InChI=1S/C47H90N12O9/c1-13-30(12)38(59-41(62)32(17-14-15-19-48)53-39(60)31(49)21-25(2)3)45(66)57-36(24-28(8)9)44(65)56-35(23-27(6)7)43(64)55-34(22-26(4)5)42(63)54-33(18-16-20-52-47(50)51)40(61)58-37(29(10)11)46(67)68/h25-38H,13-24,48-49H2,1-12H3,(H,53,60)(H,54,63)(H,55,64)(H,56,65)(H,57,66)(H,58,61)(H,59,62)(H,67,68)(H4,50,51,52). The fourth-order valence-corrected chi connectivity index (χ4v) is 7.34. The van der Waals surface area contributed by atoms with E-state index in [0.29, 0.717) is 32.2 Å². The van der Waals surface area contributed by atoms with Gasteiger partial charge in [-0.1, -0.05) is 89.5 Å². The van der Waals surface area contributed by atoms with E-state index >= 15 is 0 Å². The lowest BCUT2D eigenvalue weighted by atomic mass is 9.95. The molecule has 0 aromatic carbocycles. The summed E-state index contributed by atoms with van der Waals surface area (Å²) in [5.41, 5.74) is 22.7. The Hall–Kier alpha value is -5.05. The zero-order chi connectivity index (χ0) is 52.4. The maximum Gasteiger partial charge on any atom is 0.326 e. The number of nitrogens with zero attached hydrogens (tertiary/aromatic N) is 1. The molecule has 0 aliphatic carbocycles. The molecule has 0 fully saturated rings. The van der Waals surface area contributed by atoms with Crippen LogP contribution in [0.4, 0.5) is 0 Å². The Balaban J connectivity index is 6.64. The minimum absolute atomic E-state index is 0.0385. The Morgan fingerprint density at radius 3 is 1.22 bits per heavy atom. The third-order valence-corrected chi connectivity index (χ3v) is 11.3. The lowest BCUT2D eigenvalue weighted by molar-refractivity contribution is -0.143. The van der Waals surface area contributed by atoms with Gasteiger partial charge in [0.25, 0.3) is 0 Å². The van der Waals surface area contributed by atoms with Crippen molar-refractivity contribution in [3.8, 4) is 0 Å². The van der Waals surface area contributed by atoms with Crippen LogP contribution in [0.1, 0.15) is 147 Å². The molecule has 392 valence electrons. The van der Waals surface area contributed by atoms with Crippen LogP contribution in [0, 0.1) is 35.5 Å². The number of aliphatic imine (C=N–C) groups is 1. The van der Waals surface area contributed by atoms with Crippen LogP contribution in [0.15, 0.2) is 4.99 Å². The van der Waals surface area contributed by atoms with Gasteiger partial charge in [-0.05, 0) is 99.8 Å².